The molecule has 10 nitrogen and oxygen atoms in total. The molecule has 0 radical (unpaired) electrons. The third kappa shape index (κ3) is 5.75. The number of fused-ring (bicyclic) bond motifs is 1. The zero-order chi connectivity index (χ0) is 22.8. The molecule has 32 heavy (non-hydrogen) atoms. The van der Waals surface area contributed by atoms with Crippen molar-refractivity contribution in [3.05, 3.63) is 0 Å². The SMILES string of the molecule is CN(CCN(C)C[C@H]1O[C@@H](N2CNC3C(N)NCNC32)[C@H](O)[C@@H]1O)CC1CCC(Cl)CC1. The molecule has 7 atom stereocenters. The van der Waals surface area contributed by atoms with Crippen LogP contribution < -0.4 is 21.7 Å². The molecule has 0 spiro atoms. The van der Waals surface area contributed by atoms with Gasteiger partial charge >= 0.3 is 0 Å². The highest BCUT2D eigenvalue weighted by Gasteiger charge is 2.51. The second-order valence-electron chi connectivity index (χ2n) is 10.1. The molecule has 0 aromatic rings. The van der Waals surface area contributed by atoms with Gasteiger partial charge in [0.2, 0.25) is 0 Å². The Kier molecular flexibility index (Phi) is 8.66. The maximum Gasteiger partial charge on any atom is 0.142 e. The van der Waals surface area contributed by atoms with Crippen LogP contribution in [0.2, 0.25) is 0 Å². The molecule has 7 N–H and O–H groups in total. The summed E-state index contributed by atoms with van der Waals surface area (Å²) in [5, 5.41) is 31.7. The fourth-order valence-electron chi connectivity index (χ4n) is 5.58. The number of likely N-dealkylation sites (N-methyl/N-ethyl adjacent to an activating group) is 2. The van der Waals surface area contributed by atoms with Gasteiger partial charge in [-0.3, -0.25) is 16.0 Å². The Morgan fingerprint density at radius 1 is 1.00 bits per heavy atom. The van der Waals surface area contributed by atoms with Crippen molar-refractivity contribution >= 4 is 11.6 Å². The lowest BCUT2D eigenvalue weighted by Crippen LogP contribution is -2.68. The van der Waals surface area contributed by atoms with E-state index in [1.807, 2.05) is 11.9 Å². The first-order chi connectivity index (χ1) is 15.3. The molecular formula is C21H42ClN7O3. The quantitative estimate of drug-likeness (QED) is 0.222. The first-order valence-electron chi connectivity index (χ1n) is 12.1. The number of nitrogens with one attached hydrogen (secondary N) is 3. The van der Waals surface area contributed by atoms with Gasteiger partial charge in [-0.25, -0.2) is 4.90 Å². The second kappa shape index (κ2) is 11.1. The molecule has 1 saturated carbocycles. The Balaban J connectivity index is 1.22. The first kappa shape index (κ1) is 25.0. The maximum absolute atomic E-state index is 10.7. The normalized spacial score (nSPS) is 43.3. The lowest BCUT2D eigenvalue weighted by atomic mass is 9.88. The van der Waals surface area contributed by atoms with E-state index in [9.17, 15) is 10.2 Å². The molecule has 0 bridgehead atoms. The summed E-state index contributed by atoms with van der Waals surface area (Å²) in [5.74, 6) is 0.741. The van der Waals surface area contributed by atoms with E-state index >= 15 is 0 Å². The van der Waals surface area contributed by atoms with Crippen LogP contribution in [0.15, 0.2) is 0 Å². The van der Waals surface area contributed by atoms with E-state index in [0.29, 0.717) is 25.3 Å². The van der Waals surface area contributed by atoms with E-state index < -0.39 is 24.5 Å². The van der Waals surface area contributed by atoms with Gasteiger partial charge < -0.3 is 30.5 Å². The Labute approximate surface area is 196 Å². The van der Waals surface area contributed by atoms with E-state index in [1.54, 1.807) is 0 Å². The van der Waals surface area contributed by atoms with E-state index in [-0.39, 0.29) is 18.4 Å². The topological polar surface area (TPSA) is 122 Å². The zero-order valence-electron chi connectivity index (χ0n) is 19.4. The monoisotopic (exact) mass is 475 g/mol. The molecule has 3 heterocycles. The molecule has 0 amide bonds. The van der Waals surface area contributed by atoms with E-state index in [1.165, 1.54) is 12.8 Å². The minimum Gasteiger partial charge on any atom is -0.387 e. The fourth-order valence-corrected chi connectivity index (χ4v) is 5.83. The number of rotatable bonds is 8. The fraction of sp³-hybridized carbons (Fsp3) is 1.00. The predicted octanol–water partition coefficient (Wildman–Crippen LogP) is -1.91. The second-order valence-corrected chi connectivity index (χ2v) is 10.8. The molecule has 1 aliphatic carbocycles. The van der Waals surface area contributed by atoms with Crippen molar-refractivity contribution in [3.63, 3.8) is 0 Å². The molecule has 186 valence electrons. The first-order valence-corrected chi connectivity index (χ1v) is 12.5. The summed E-state index contributed by atoms with van der Waals surface area (Å²) >= 11 is 6.23. The summed E-state index contributed by atoms with van der Waals surface area (Å²) in [6.07, 6.45) is 1.62. The van der Waals surface area contributed by atoms with Gasteiger partial charge in [-0.2, -0.15) is 0 Å². The summed E-state index contributed by atoms with van der Waals surface area (Å²) < 4.78 is 6.18. The molecule has 4 fully saturated rings. The van der Waals surface area contributed by atoms with Crippen molar-refractivity contribution in [1.29, 1.82) is 0 Å². The number of nitrogens with two attached hydrogens (primary N) is 1. The molecule has 3 saturated heterocycles. The third-order valence-corrected chi connectivity index (χ3v) is 8.04. The number of aliphatic hydroxyl groups is 2. The van der Waals surface area contributed by atoms with Crippen molar-refractivity contribution in [1.82, 2.24) is 30.7 Å². The zero-order valence-corrected chi connectivity index (χ0v) is 20.1. The van der Waals surface area contributed by atoms with Crippen LogP contribution in [0, 0.1) is 5.92 Å². The number of ether oxygens (including phenoxy) is 1. The molecule has 3 unspecified atom stereocenters. The molecule has 0 aromatic carbocycles. The van der Waals surface area contributed by atoms with Crippen LogP contribution in [0.1, 0.15) is 25.7 Å². The van der Waals surface area contributed by atoms with Crippen LogP contribution >= 0.6 is 11.6 Å². The Morgan fingerprint density at radius 2 is 1.69 bits per heavy atom. The van der Waals surface area contributed by atoms with E-state index in [4.69, 9.17) is 22.1 Å². The highest BCUT2D eigenvalue weighted by molar-refractivity contribution is 6.20. The van der Waals surface area contributed by atoms with Gasteiger partial charge in [0.25, 0.3) is 0 Å². The summed E-state index contributed by atoms with van der Waals surface area (Å²) in [4.78, 5) is 6.60. The average Bonchev–Trinajstić information content (AvgIpc) is 3.31. The van der Waals surface area contributed by atoms with E-state index in [0.717, 1.165) is 38.4 Å². The van der Waals surface area contributed by atoms with Gasteiger partial charge in [0, 0.05) is 38.2 Å². The molecule has 11 heteroatoms. The van der Waals surface area contributed by atoms with Crippen molar-refractivity contribution in [2.75, 3.05) is 53.6 Å². The third-order valence-electron chi connectivity index (χ3n) is 7.61. The van der Waals surface area contributed by atoms with Crippen LogP contribution in [0.4, 0.5) is 0 Å². The van der Waals surface area contributed by atoms with Crippen molar-refractivity contribution in [2.45, 2.75) is 74.0 Å². The lowest BCUT2D eigenvalue weighted by Gasteiger charge is -2.38. The number of nitrogens with zero attached hydrogens (tertiary/aromatic N) is 3. The van der Waals surface area contributed by atoms with E-state index in [2.05, 4.69) is 32.8 Å². The summed E-state index contributed by atoms with van der Waals surface area (Å²) in [5.41, 5.74) is 6.15. The number of alkyl halides is 1. The predicted molar refractivity (Wildman–Crippen MR) is 124 cm³/mol. The van der Waals surface area contributed by atoms with Crippen LogP contribution in [0.25, 0.3) is 0 Å². The van der Waals surface area contributed by atoms with Crippen LogP contribution in [-0.2, 0) is 4.74 Å². The van der Waals surface area contributed by atoms with Gasteiger partial charge in [0.15, 0.2) is 0 Å². The van der Waals surface area contributed by atoms with Crippen molar-refractivity contribution in [2.24, 2.45) is 11.7 Å². The standard InChI is InChI=1S/C21H42ClN7O3/c1-27(9-13-3-5-14(22)6-4-13)7-8-28(2)10-15-17(30)18(31)21(32-15)29-12-26-16-19(23)24-11-25-20(16)29/h13-21,24-26,30-31H,3-12,23H2,1-2H3/t13?,14?,15-,16?,17-,18-,19?,20?,21-/m1/s1. The van der Waals surface area contributed by atoms with Gasteiger partial charge in [-0.15, -0.1) is 11.6 Å². The van der Waals surface area contributed by atoms with Gasteiger partial charge in [-0.1, -0.05) is 0 Å². The average molecular weight is 476 g/mol. The highest BCUT2D eigenvalue weighted by Crippen LogP contribution is 2.29. The number of halogens is 1. The van der Waals surface area contributed by atoms with Crippen molar-refractivity contribution in [3.8, 4) is 0 Å². The Hall–Kier alpha value is -0.110. The smallest absolute Gasteiger partial charge is 0.142 e. The molecule has 0 aromatic heterocycles. The molecule has 4 rings (SSSR count). The summed E-state index contributed by atoms with van der Waals surface area (Å²) in [7, 11) is 4.22. The van der Waals surface area contributed by atoms with Crippen LogP contribution in [0.5, 0.6) is 0 Å². The minimum absolute atomic E-state index is 0.0217. The minimum atomic E-state index is -0.957. The van der Waals surface area contributed by atoms with Gasteiger partial charge in [-0.05, 0) is 45.7 Å². The van der Waals surface area contributed by atoms with Crippen LogP contribution in [0.3, 0.4) is 0 Å². The highest BCUT2D eigenvalue weighted by atomic mass is 35.5. The molecule has 4 aliphatic rings. The summed E-state index contributed by atoms with van der Waals surface area (Å²) in [6.45, 7) is 4.66. The number of aliphatic hydroxyl groups excluding tert-OH is 2. The Bertz CT molecular complexity index is 600. The van der Waals surface area contributed by atoms with Gasteiger partial charge in [0.1, 0.15) is 24.5 Å². The molecular weight excluding hydrogens is 434 g/mol. The maximum atomic E-state index is 10.7. The number of hydrogen-bond acceptors (Lipinski definition) is 10. The van der Waals surface area contributed by atoms with Gasteiger partial charge in [0.05, 0.1) is 25.0 Å². The molecule has 3 aliphatic heterocycles. The Morgan fingerprint density at radius 3 is 2.41 bits per heavy atom. The summed E-state index contributed by atoms with van der Waals surface area (Å²) in [6, 6.07) is 0.0217. The number of hydrogen-bond donors (Lipinski definition) is 6. The van der Waals surface area contributed by atoms with Crippen LogP contribution in [-0.4, -0.2) is 127 Å². The van der Waals surface area contributed by atoms with Crippen molar-refractivity contribution < 1.29 is 14.9 Å². The lowest BCUT2D eigenvalue weighted by molar-refractivity contribution is -0.106. The largest absolute Gasteiger partial charge is 0.387 e.